The van der Waals surface area contributed by atoms with Crippen LogP contribution in [0.15, 0.2) is 249 Å². The number of aromatic nitrogens is 2. The van der Waals surface area contributed by atoms with Gasteiger partial charge >= 0.3 is 0 Å². The van der Waals surface area contributed by atoms with Gasteiger partial charge in [0.05, 0.1) is 28.2 Å². The molecule has 2 heterocycles. The topological polar surface area (TPSA) is 29.0 Å². The molecule has 0 N–H and O–H groups in total. The van der Waals surface area contributed by atoms with Crippen molar-refractivity contribution in [1.82, 2.24) is 9.97 Å². The van der Waals surface area contributed by atoms with Gasteiger partial charge < -0.3 is 4.90 Å². The maximum Gasteiger partial charge on any atom is 0.160 e. The second kappa shape index (κ2) is 15.1. The van der Waals surface area contributed by atoms with Crippen molar-refractivity contribution in [2.75, 3.05) is 4.90 Å². The highest BCUT2D eigenvalue weighted by molar-refractivity contribution is 6.08. The van der Waals surface area contributed by atoms with Crippen LogP contribution in [0.25, 0.3) is 89.5 Å². The van der Waals surface area contributed by atoms with E-state index in [0.29, 0.717) is 5.82 Å². The zero-order chi connectivity index (χ0) is 44.8. The fourth-order valence-electron chi connectivity index (χ4n) is 11.6. The van der Waals surface area contributed by atoms with Crippen molar-refractivity contribution >= 4 is 17.1 Å². The first kappa shape index (κ1) is 38.4. The van der Waals surface area contributed by atoms with E-state index in [1.165, 1.54) is 67.0 Å². The zero-order valence-electron chi connectivity index (χ0n) is 37.0. The largest absolute Gasteiger partial charge is 0.310 e. The van der Waals surface area contributed by atoms with Crippen molar-refractivity contribution in [1.29, 1.82) is 0 Å². The molecule has 1 unspecified atom stereocenters. The first-order chi connectivity index (χ1) is 33.7. The molecule has 1 aliphatic heterocycles. The summed E-state index contributed by atoms with van der Waals surface area (Å²) in [5.41, 5.74) is 25.4. The molecule has 10 aromatic carbocycles. The van der Waals surface area contributed by atoms with Crippen LogP contribution in [0, 0.1) is 0 Å². The molecule has 0 fully saturated rings. The SMILES string of the molecule is c1ccc(-c2cccc(-c3cc(-c4cccc(-c5cccc6c5C57c8ccccc8N(c8ccccc8)c8cccc(c85)-c5cccc-6c57)c4)nc(-c4cccc(-c5ccccc5)c4)n3)c2)cc1. The van der Waals surface area contributed by atoms with Crippen molar-refractivity contribution in [3.05, 3.63) is 271 Å². The fraction of sp³-hybridized carbons (Fsp3) is 0.0154. The minimum atomic E-state index is -0.523. The van der Waals surface area contributed by atoms with Gasteiger partial charge in [0.2, 0.25) is 0 Å². The van der Waals surface area contributed by atoms with E-state index in [1.54, 1.807) is 0 Å². The number of hydrogen-bond donors (Lipinski definition) is 0. The molecule has 1 aromatic heterocycles. The first-order valence-corrected chi connectivity index (χ1v) is 23.4. The van der Waals surface area contributed by atoms with E-state index in [9.17, 15) is 0 Å². The summed E-state index contributed by atoms with van der Waals surface area (Å²) in [5, 5.41) is 0. The summed E-state index contributed by atoms with van der Waals surface area (Å²) in [6.07, 6.45) is 0. The van der Waals surface area contributed by atoms with Crippen LogP contribution in [0.1, 0.15) is 22.3 Å². The molecule has 14 rings (SSSR count). The molecule has 3 heteroatoms. The molecule has 11 aromatic rings. The van der Waals surface area contributed by atoms with Crippen LogP contribution in [-0.2, 0) is 5.41 Å². The minimum Gasteiger partial charge on any atom is -0.310 e. The average molecular weight is 864 g/mol. The summed E-state index contributed by atoms with van der Waals surface area (Å²) >= 11 is 0. The lowest BCUT2D eigenvalue weighted by molar-refractivity contribution is 0.777. The Hall–Kier alpha value is -8.92. The second-order valence-corrected chi connectivity index (χ2v) is 18.0. The molecule has 1 atom stereocenters. The van der Waals surface area contributed by atoms with Gasteiger partial charge in [-0.05, 0) is 121 Å². The van der Waals surface area contributed by atoms with E-state index in [4.69, 9.17) is 9.97 Å². The number of benzene rings is 10. The summed E-state index contributed by atoms with van der Waals surface area (Å²) in [6, 6.07) is 90.3. The van der Waals surface area contributed by atoms with E-state index in [0.717, 1.165) is 56.0 Å². The van der Waals surface area contributed by atoms with Crippen molar-refractivity contribution < 1.29 is 0 Å². The number of nitrogens with zero attached hydrogens (tertiary/aromatic N) is 3. The molecular formula is C65H41N3. The minimum absolute atomic E-state index is 0.523. The molecule has 1 spiro atoms. The Bertz CT molecular complexity index is 3700. The molecule has 0 amide bonds. The molecule has 316 valence electrons. The molecular weight excluding hydrogens is 823 g/mol. The molecule has 3 nitrogen and oxygen atoms in total. The van der Waals surface area contributed by atoms with Crippen LogP contribution in [0.5, 0.6) is 0 Å². The van der Waals surface area contributed by atoms with Crippen LogP contribution in [0.4, 0.5) is 17.1 Å². The van der Waals surface area contributed by atoms with Crippen LogP contribution in [0.2, 0.25) is 0 Å². The highest BCUT2D eigenvalue weighted by Gasteiger charge is 2.58. The highest BCUT2D eigenvalue weighted by Crippen LogP contribution is 2.71. The van der Waals surface area contributed by atoms with Gasteiger partial charge in [0.1, 0.15) is 0 Å². The Kier molecular flexibility index (Phi) is 8.50. The second-order valence-electron chi connectivity index (χ2n) is 18.0. The van der Waals surface area contributed by atoms with Crippen LogP contribution in [-0.4, -0.2) is 9.97 Å². The Morgan fingerprint density at radius 3 is 1.32 bits per heavy atom. The van der Waals surface area contributed by atoms with E-state index >= 15 is 0 Å². The summed E-state index contributed by atoms with van der Waals surface area (Å²) in [7, 11) is 0. The molecule has 0 bridgehead atoms. The monoisotopic (exact) mass is 863 g/mol. The van der Waals surface area contributed by atoms with Crippen molar-refractivity contribution in [3.8, 4) is 89.5 Å². The molecule has 0 radical (unpaired) electrons. The molecule has 0 saturated heterocycles. The lowest BCUT2D eigenvalue weighted by Gasteiger charge is -2.44. The van der Waals surface area contributed by atoms with Gasteiger partial charge in [-0.1, -0.05) is 200 Å². The van der Waals surface area contributed by atoms with Crippen molar-refractivity contribution in [2.45, 2.75) is 5.41 Å². The van der Waals surface area contributed by atoms with Crippen molar-refractivity contribution in [2.24, 2.45) is 0 Å². The number of anilines is 3. The van der Waals surface area contributed by atoms with Crippen molar-refractivity contribution in [3.63, 3.8) is 0 Å². The van der Waals surface area contributed by atoms with Gasteiger partial charge in [-0.15, -0.1) is 0 Å². The third-order valence-electron chi connectivity index (χ3n) is 14.4. The average Bonchev–Trinajstić information content (AvgIpc) is 3.90. The summed E-state index contributed by atoms with van der Waals surface area (Å²) in [5.74, 6) is 0.685. The number of para-hydroxylation sites is 2. The maximum atomic E-state index is 5.42. The molecule has 3 aliphatic rings. The summed E-state index contributed by atoms with van der Waals surface area (Å²) in [4.78, 5) is 13.2. The Labute approximate surface area is 396 Å². The molecule has 68 heavy (non-hydrogen) atoms. The van der Waals surface area contributed by atoms with Gasteiger partial charge in [0, 0.05) is 27.9 Å². The van der Waals surface area contributed by atoms with Gasteiger partial charge in [-0.2, -0.15) is 0 Å². The van der Waals surface area contributed by atoms with Gasteiger partial charge in [0.15, 0.2) is 5.82 Å². The lowest BCUT2D eigenvalue weighted by Crippen LogP contribution is -2.34. The fourth-order valence-corrected chi connectivity index (χ4v) is 11.6. The van der Waals surface area contributed by atoms with Crippen LogP contribution >= 0.6 is 0 Å². The quantitative estimate of drug-likeness (QED) is 0.160. The normalized spacial score (nSPS) is 14.5. The lowest BCUT2D eigenvalue weighted by atomic mass is 9.65. The van der Waals surface area contributed by atoms with Gasteiger partial charge in [0.25, 0.3) is 0 Å². The smallest absolute Gasteiger partial charge is 0.160 e. The van der Waals surface area contributed by atoms with E-state index in [1.807, 2.05) is 0 Å². The summed E-state index contributed by atoms with van der Waals surface area (Å²) in [6.45, 7) is 0. The Morgan fingerprint density at radius 1 is 0.279 bits per heavy atom. The number of hydrogen-bond acceptors (Lipinski definition) is 3. The van der Waals surface area contributed by atoms with Gasteiger partial charge in [-0.3, -0.25) is 0 Å². The predicted molar refractivity (Wildman–Crippen MR) is 279 cm³/mol. The van der Waals surface area contributed by atoms with E-state index < -0.39 is 5.41 Å². The maximum absolute atomic E-state index is 5.42. The summed E-state index contributed by atoms with van der Waals surface area (Å²) < 4.78 is 0. The first-order valence-electron chi connectivity index (χ1n) is 23.4. The predicted octanol–water partition coefficient (Wildman–Crippen LogP) is 16.6. The third kappa shape index (κ3) is 5.66. The molecule has 0 saturated carbocycles. The van der Waals surface area contributed by atoms with Crippen LogP contribution in [0.3, 0.4) is 0 Å². The zero-order valence-corrected chi connectivity index (χ0v) is 37.0. The van der Waals surface area contributed by atoms with Crippen LogP contribution < -0.4 is 4.90 Å². The Morgan fingerprint density at radius 2 is 0.691 bits per heavy atom. The standard InChI is InChI=1S/C65H41N3/c1-4-18-42(19-5-1)44-22-12-25-47(38-44)57-41-58(67-64(66-57)49-27-13-23-45(39-49)43-20-6-2-7-21-43)48-26-14-24-46(40-48)51-30-15-31-52-53-32-16-33-54-55-34-17-37-60-63(55)65(61(51)52,62(53)54)56-35-10-11-36-59(56)68(60)50-28-8-3-9-29-50/h1-41H. The molecule has 2 aliphatic carbocycles. The van der Waals surface area contributed by atoms with Gasteiger partial charge in [-0.25, -0.2) is 9.97 Å². The third-order valence-corrected chi connectivity index (χ3v) is 14.4. The van der Waals surface area contributed by atoms with E-state index in [2.05, 4.69) is 254 Å². The number of fused-ring (bicyclic) bond motifs is 4. The van der Waals surface area contributed by atoms with E-state index in [-0.39, 0.29) is 0 Å². The number of rotatable bonds is 7. The Balaban J connectivity index is 0.973. The highest BCUT2D eigenvalue weighted by atomic mass is 15.2.